The zero-order valence-electron chi connectivity index (χ0n) is 17.8. The Morgan fingerprint density at radius 2 is 1.53 bits per heavy atom. The van der Waals surface area contributed by atoms with Crippen molar-refractivity contribution in [3.8, 4) is 11.5 Å². The van der Waals surface area contributed by atoms with Gasteiger partial charge < -0.3 is 24.3 Å². The third-order valence-corrected chi connectivity index (χ3v) is 3.88. The fourth-order valence-electron chi connectivity index (χ4n) is 2.88. The second kappa shape index (κ2) is 10.4. The van der Waals surface area contributed by atoms with Crippen LogP contribution in [0.2, 0.25) is 0 Å². The van der Waals surface area contributed by atoms with E-state index < -0.39 is 11.9 Å². The summed E-state index contributed by atoms with van der Waals surface area (Å²) in [6.45, 7) is 9.13. The Labute approximate surface area is 174 Å². The van der Waals surface area contributed by atoms with E-state index in [4.69, 9.17) is 18.9 Å². The van der Waals surface area contributed by atoms with Crippen LogP contribution in [0.25, 0.3) is 10.9 Å². The molecule has 2 aromatic rings. The van der Waals surface area contributed by atoms with E-state index in [9.17, 15) is 14.4 Å². The summed E-state index contributed by atoms with van der Waals surface area (Å²) in [5.41, 5.74) is 0.434. The van der Waals surface area contributed by atoms with Gasteiger partial charge in [0.05, 0.1) is 37.7 Å². The number of anilines is 1. The number of fused-ring (bicyclic) bond motifs is 1. The Hall–Kier alpha value is -3.36. The van der Waals surface area contributed by atoms with Crippen LogP contribution in [0.1, 0.15) is 55.5 Å². The summed E-state index contributed by atoms with van der Waals surface area (Å²) >= 11 is 0. The van der Waals surface area contributed by atoms with Crippen LogP contribution < -0.4 is 14.8 Å². The van der Waals surface area contributed by atoms with Gasteiger partial charge in [0.1, 0.15) is 11.2 Å². The lowest BCUT2D eigenvalue weighted by molar-refractivity contribution is -0.114. The molecule has 0 radical (unpaired) electrons. The maximum absolute atomic E-state index is 12.7. The molecule has 30 heavy (non-hydrogen) atoms. The number of nitrogens with zero attached hydrogens (tertiary/aromatic N) is 1. The van der Waals surface area contributed by atoms with Gasteiger partial charge in [-0.3, -0.25) is 4.79 Å². The zero-order chi connectivity index (χ0) is 22.3. The largest absolute Gasteiger partial charge is 0.490 e. The summed E-state index contributed by atoms with van der Waals surface area (Å²) in [5.74, 6) is -1.16. The molecule has 1 aromatic carbocycles. The van der Waals surface area contributed by atoms with Gasteiger partial charge in [-0.05, 0) is 33.8 Å². The number of nitrogens with one attached hydrogen (secondary N) is 1. The molecule has 9 nitrogen and oxygen atoms in total. The van der Waals surface area contributed by atoms with Gasteiger partial charge in [0.15, 0.2) is 11.5 Å². The molecule has 2 rings (SSSR count). The van der Waals surface area contributed by atoms with Crippen molar-refractivity contribution in [2.45, 2.75) is 34.6 Å². The molecule has 9 heteroatoms. The van der Waals surface area contributed by atoms with Gasteiger partial charge in [-0.2, -0.15) is 0 Å². The Morgan fingerprint density at radius 1 is 0.900 bits per heavy atom. The monoisotopic (exact) mass is 418 g/mol. The van der Waals surface area contributed by atoms with Gasteiger partial charge in [0, 0.05) is 18.4 Å². The van der Waals surface area contributed by atoms with Crippen molar-refractivity contribution < 1.29 is 33.3 Å². The number of rotatable bonds is 9. The molecule has 0 aliphatic carbocycles. The van der Waals surface area contributed by atoms with E-state index in [2.05, 4.69) is 10.3 Å². The first-order valence-corrected chi connectivity index (χ1v) is 9.76. The quantitative estimate of drug-likeness (QED) is 0.617. The van der Waals surface area contributed by atoms with Crippen molar-refractivity contribution in [2.75, 3.05) is 31.7 Å². The number of hydrogen-bond acceptors (Lipinski definition) is 8. The highest BCUT2D eigenvalue weighted by molar-refractivity contribution is 6.14. The number of carbonyl (C=O) groups excluding carboxylic acids is 3. The number of ether oxygens (including phenoxy) is 4. The molecule has 1 amide bonds. The SMILES string of the molecule is CCOC(=O)c1cc(C(=O)OCC)c2c(NC(C)=O)cc(OCC)c(OCC)c2n1. The topological polar surface area (TPSA) is 113 Å². The van der Waals surface area contributed by atoms with Crippen LogP contribution in [0.15, 0.2) is 12.1 Å². The normalized spacial score (nSPS) is 10.4. The molecule has 0 atom stereocenters. The van der Waals surface area contributed by atoms with Crippen molar-refractivity contribution in [3.63, 3.8) is 0 Å². The molecule has 0 aliphatic heterocycles. The molecule has 0 bridgehead atoms. The second-order valence-corrected chi connectivity index (χ2v) is 6.02. The number of aromatic nitrogens is 1. The molecule has 0 spiro atoms. The van der Waals surface area contributed by atoms with Crippen molar-refractivity contribution in [3.05, 3.63) is 23.4 Å². The number of carbonyl (C=O) groups is 3. The third kappa shape index (κ3) is 4.97. The van der Waals surface area contributed by atoms with E-state index in [-0.39, 0.29) is 59.3 Å². The van der Waals surface area contributed by atoms with E-state index in [0.29, 0.717) is 12.4 Å². The number of benzene rings is 1. The number of esters is 2. The summed E-state index contributed by atoms with van der Waals surface area (Å²) in [7, 11) is 0. The Morgan fingerprint density at radius 3 is 2.10 bits per heavy atom. The van der Waals surface area contributed by atoms with Crippen LogP contribution in [-0.4, -0.2) is 49.3 Å². The van der Waals surface area contributed by atoms with E-state index >= 15 is 0 Å². The zero-order valence-corrected chi connectivity index (χ0v) is 17.8. The first kappa shape index (κ1) is 22.9. The van der Waals surface area contributed by atoms with Crippen LogP contribution in [-0.2, 0) is 14.3 Å². The van der Waals surface area contributed by atoms with Crippen LogP contribution in [0.4, 0.5) is 5.69 Å². The van der Waals surface area contributed by atoms with E-state index in [1.807, 2.05) is 0 Å². The molecular formula is C21H26N2O7. The van der Waals surface area contributed by atoms with Gasteiger partial charge in [0.25, 0.3) is 0 Å². The third-order valence-electron chi connectivity index (χ3n) is 3.88. The van der Waals surface area contributed by atoms with Gasteiger partial charge in [-0.25, -0.2) is 14.6 Å². The predicted octanol–water partition coefficient (Wildman–Crippen LogP) is 3.34. The maximum Gasteiger partial charge on any atom is 0.356 e. The molecule has 1 N–H and O–H groups in total. The molecule has 1 heterocycles. The van der Waals surface area contributed by atoms with Crippen molar-refractivity contribution >= 4 is 34.4 Å². The maximum atomic E-state index is 12.7. The fourth-order valence-corrected chi connectivity index (χ4v) is 2.88. The molecule has 0 saturated heterocycles. The summed E-state index contributed by atoms with van der Waals surface area (Å²) in [6.07, 6.45) is 0. The lowest BCUT2D eigenvalue weighted by Gasteiger charge is -2.18. The number of pyridine rings is 1. The first-order chi connectivity index (χ1) is 14.4. The Balaban J connectivity index is 2.97. The minimum absolute atomic E-state index is 0.0534. The first-order valence-electron chi connectivity index (χ1n) is 9.76. The fraction of sp³-hybridized carbons (Fsp3) is 0.429. The molecule has 0 aliphatic rings. The lowest BCUT2D eigenvalue weighted by atomic mass is 10.0. The lowest BCUT2D eigenvalue weighted by Crippen LogP contribution is -2.15. The number of amides is 1. The van der Waals surface area contributed by atoms with Crippen LogP contribution in [0.3, 0.4) is 0 Å². The summed E-state index contributed by atoms with van der Waals surface area (Å²) in [6, 6.07) is 2.85. The average Bonchev–Trinajstić information content (AvgIpc) is 2.69. The molecular weight excluding hydrogens is 392 g/mol. The Bertz CT molecular complexity index is 956. The summed E-state index contributed by atoms with van der Waals surface area (Å²) < 4.78 is 21.6. The van der Waals surface area contributed by atoms with E-state index in [0.717, 1.165) is 0 Å². The smallest absolute Gasteiger partial charge is 0.356 e. The average molecular weight is 418 g/mol. The molecule has 0 saturated carbocycles. The van der Waals surface area contributed by atoms with Gasteiger partial charge in [-0.15, -0.1) is 0 Å². The predicted molar refractivity (Wildman–Crippen MR) is 110 cm³/mol. The van der Waals surface area contributed by atoms with Crippen molar-refractivity contribution in [1.82, 2.24) is 4.98 Å². The molecule has 0 fully saturated rings. The molecule has 162 valence electrons. The molecule has 1 aromatic heterocycles. The highest BCUT2D eigenvalue weighted by atomic mass is 16.5. The van der Waals surface area contributed by atoms with E-state index in [1.54, 1.807) is 33.8 Å². The highest BCUT2D eigenvalue weighted by Gasteiger charge is 2.26. The highest BCUT2D eigenvalue weighted by Crippen LogP contribution is 2.41. The van der Waals surface area contributed by atoms with Crippen LogP contribution in [0.5, 0.6) is 11.5 Å². The summed E-state index contributed by atoms with van der Waals surface area (Å²) in [5, 5.41) is 2.97. The van der Waals surface area contributed by atoms with E-state index in [1.165, 1.54) is 13.0 Å². The number of hydrogen-bond donors (Lipinski definition) is 1. The van der Waals surface area contributed by atoms with Gasteiger partial charge in [0.2, 0.25) is 5.91 Å². The standard InChI is InChI=1S/C21H26N2O7/c1-6-27-16-11-14(22-12(5)24)17-13(20(25)29-8-3)10-15(21(26)30-9-4)23-18(17)19(16)28-7-2/h10-11H,6-9H2,1-5H3,(H,22,24). The van der Waals surface area contributed by atoms with Crippen LogP contribution >= 0.6 is 0 Å². The van der Waals surface area contributed by atoms with Gasteiger partial charge in [-0.1, -0.05) is 0 Å². The van der Waals surface area contributed by atoms with Gasteiger partial charge >= 0.3 is 11.9 Å². The van der Waals surface area contributed by atoms with Crippen molar-refractivity contribution in [2.24, 2.45) is 0 Å². The minimum atomic E-state index is -0.699. The molecule has 0 unspecified atom stereocenters. The minimum Gasteiger partial charge on any atom is -0.490 e. The van der Waals surface area contributed by atoms with Crippen molar-refractivity contribution in [1.29, 1.82) is 0 Å². The second-order valence-electron chi connectivity index (χ2n) is 6.02. The summed E-state index contributed by atoms with van der Waals surface area (Å²) in [4.78, 5) is 41.3. The van der Waals surface area contributed by atoms with Crippen LogP contribution in [0, 0.1) is 0 Å². The Kier molecular flexibility index (Phi) is 7.97.